The third-order valence-electron chi connectivity index (χ3n) is 5.52. The molecule has 2 aromatic heterocycles. The van der Waals surface area contributed by atoms with Crippen molar-refractivity contribution in [1.82, 2.24) is 10.3 Å². The molecular weight excluding hydrogens is 471 g/mol. The quantitative estimate of drug-likeness (QED) is 0.342. The van der Waals surface area contributed by atoms with Crippen molar-refractivity contribution in [2.45, 2.75) is 13.0 Å². The molecule has 180 valence electrons. The summed E-state index contributed by atoms with van der Waals surface area (Å²) in [4.78, 5) is 30.4. The van der Waals surface area contributed by atoms with Crippen LogP contribution in [0.2, 0.25) is 0 Å². The van der Waals surface area contributed by atoms with Crippen LogP contribution in [0.15, 0.2) is 53.9 Å². The zero-order chi connectivity index (χ0) is 25.1. The van der Waals surface area contributed by atoms with E-state index in [9.17, 15) is 14.0 Å². The van der Waals surface area contributed by atoms with Crippen LogP contribution in [0.4, 0.5) is 4.39 Å². The van der Waals surface area contributed by atoms with Gasteiger partial charge in [-0.15, -0.1) is 11.3 Å². The van der Waals surface area contributed by atoms with Crippen LogP contribution in [-0.4, -0.2) is 44.0 Å². The standard InChI is InChI=1S/C26H23FN2O5S/c1-14(28-26(31)15-8-10-20(32-2)22(12-15)34-4)24(30)19-9-11-21(33-3)23(29-19)17-13-35-25-16(17)6-5-7-18(25)27/h5-14H,1-4H3,(H,28,31)/t14-/m0/s1. The van der Waals surface area contributed by atoms with E-state index >= 15 is 0 Å². The van der Waals surface area contributed by atoms with Crippen molar-refractivity contribution in [2.75, 3.05) is 21.3 Å². The Hall–Kier alpha value is -3.98. The second-order valence-corrected chi connectivity index (χ2v) is 8.52. The number of nitrogens with one attached hydrogen (secondary N) is 1. The summed E-state index contributed by atoms with van der Waals surface area (Å²) >= 11 is 1.26. The molecule has 0 aliphatic carbocycles. The summed E-state index contributed by atoms with van der Waals surface area (Å²) in [7, 11) is 4.48. The smallest absolute Gasteiger partial charge is 0.252 e. The summed E-state index contributed by atoms with van der Waals surface area (Å²) in [5.41, 5.74) is 1.56. The first-order chi connectivity index (χ1) is 16.9. The van der Waals surface area contributed by atoms with Gasteiger partial charge in [-0.1, -0.05) is 12.1 Å². The van der Waals surface area contributed by atoms with Gasteiger partial charge in [-0.25, -0.2) is 9.37 Å². The molecule has 0 bridgehead atoms. The molecule has 0 radical (unpaired) electrons. The highest BCUT2D eigenvalue weighted by molar-refractivity contribution is 7.17. The SMILES string of the molecule is COc1ccc(C(=O)N[C@@H](C)C(=O)c2ccc(OC)c(-c3csc4c(F)cccc34)n2)cc1OC. The fourth-order valence-corrected chi connectivity index (χ4v) is 4.65. The third-order valence-corrected chi connectivity index (χ3v) is 6.53. The van der Waals surface area contributed by atoms with Gasteiger partial charge in [0.05, 0.1) is 32.1 Å². The maximum atomic E-state index is 14.2. The summed E-state index contributed by atoms with van der Waals surface area (Å²) in [5.74, 6) is 0.196. The highest BCUT2D eigenvalue weighted by Gasteiger charge is 2.23. The van der Waals surface area contributed by atoms with Crippen molar-refractivity contribution in [2.24, 2.45) is 0 Å². The maximum absolute atomic E-state index is 14.2. The second kappa shape index (κ2) is 10.1. The zero-order valence-corrected chi connectivity index (χ0v) is 20.4. The minimum atomic E-state index is -0.860. The largest absolute Gasteiger partial charge is 0.494 e. The van der Waals surface area contributed by atoms with Crippen molar-refractivity contribution in [1.29, 1.82) is 0 Å². The molecule has 2 aromatic carbocycles. The average molecular weight is 495 g/mol. The highest BCUT2D eigenvalue weighted by atomic mass is 32.1. The fraction of sp³-hybridized carbons (Fsp3) is 0.192. The Morgan fingerprint density at radius 1 is 0.971 bits per heavy atom. The van der Waals surface area contributed by atoms with Crippen LogP contribution in [0.3, 0.4) is 0 Å². The van der Waals surface area contributed by atoms with E-state index < -0.39 is 11.9 Å². The molecule has 2 heterocycles. The van der Waals surface area contributed by atoms with Crippen molar-refractivity contribution in [3.8, 4) is 28.5 Å². The van der Waals surface area contributed by atoms with Gasteiger partial charge in [0.25, 0.3) is 5.91 Å². The van der Waals surface area contributed by atoms with Crippen LogP contribution in [0.5, 0.6) is 17.2 Å². The lowest BCUT2D eigenvalue weighted by Gasteiger charge is -2.15. The second-order valence-electron chi connectivity index (χ2n) is 7.64. The van der Waals surface area contributed by atoms with Crippen LogP contribution in [0.25, 0.3) is 21.3 Å². The molecule has 1 atom stereocenters. The van der Waals surface area contributed by atoms with Crippen LogP contribution >= 0.6 is 11.3 Å². The van der Waals surface area contributed by atoms with Gasteiger partial charge in [-0.2, -0.15) is 0 Å². The minimum Gasteiger partial charge on any atom is -0.494 e. The Bertz CT molecular complexity index is 1420. The summed E-state index contributed by atoms with van der Waals surface area (Å²) < 4.78 is 30.6. The van der Waals surface area contributed by atoms with Crippen molar-refractivity contribution < 1.29 is 28.2 Å². The molecule has 0 saturated carbocycles. The monoisotopic (exact) mass is 494 g/mol. The first-order valence-corrected chi connectivity index (χ1v) is 11.5. The van der Waals surface area contributed by atoms with Crippen molar-refractivity contribution >= 4 is 33.1 Å². The number of hydrogen-bond acceptors (Lipinski definition) is 7. The molecule has 1 N–H and O–H groups in total. The van der Waals surface area contributed by atoms with Gasteiger partial charge in [-0.3, -0.25) is 9.59 Å². The van der Waals surface area contributed by atoms with Gasteiger partial charge >= 0.3 is 0 Å². The lowest BCUT2D eigenvalue weighted by Crippen LogP contribution is -2.38. The maximum Gasteiger partial charge on any atom is 0.252 e. The predicted octanol–water partition coefficient (Wildman–Crippen LogP) is 5.13. The number of ether oxygens (including phenoxy) is 3. The molecule has 35 heavy (non-hydrogen) atoms. The molecule has 4 rings (SSSR count). The van der Waals surface area contributed by atoms with E-state index in [0.29, 0.717) is 44.2 Å². The molecule has 0 aliphatic rings. The van der Waals surface area contributed by atoms with Gasteiger partial charge in [0.15, 0.2) is 11.5 Å². The molecule has 9 heteroatoms. The Balaban J connectivity index is 1.61. The zero-order valence-electron chi connectivity index (χ0n) is 19.5. The minimum absolute atomic E-state index is 0.150. The summed E-state index contributed by atoms with van der Waals surface area (Å²) in [5, 5.41) is 5.17. The number of ketones is 1. The number of methoxy groups -OCH3 is 3. The number of amides is 1. The van der Waals surface area contributed by atoms with Crippen molar-refractivity contribution in [3.05, 3.63) is 71.0 Å². The van der Waals surface area contributed by atoms with Crippen LogP contribution in [0.1, 0.15) is 27.8 Å². The van der Waals surface area contributed by atoms with E-state index in [4.69, 9.17) is 14.2 Å². The Labute approximate surface area is 205 Å². The Kier molecular flexibility index (Phi) is 6.97. The van der Waals surface area contributed by atoms with Crippen LogP contribution < -0.4 is 19.5 Å². The Morgan fingerprint density at radius 2 is 1.69 bits per heavy atom. The van der Waals surface area contributed by atoms with Gasteiger partial charge in [0, 0.05) is 21.9 Å². The number of rotatable bonds is 8. The first kappa shape index (κ1) is 24.2. The lowest BCUT2D eigenvalue weighted by atomic mass is 10.1. The first-order valence-electron chi connectivity index (χ1n) is 10.7. The van der Waals surface area contributed by atoms with Gasteiger partial charge in [-0.05, 0) is 43.3 Å². The number of thiophene rings is 1. The topological polar surface area (TPSA) is 86.8 Å². The molecule has 7 nitrogen and oxygen atoms in total. The van der Waals surface area contributed by atoms with E-state index in [1.807, 2.05) is 0 Å². The Morgan fingerprint density at radius 3 is 2.40 bits per heavy atom. The molecule has 0 fully saturated rings. The number of aromatic nitrogens is 1. The molecular formula is C26H23FN2O5S. The van der Waals surface area contributed by atoms with E-state index in [1.165, 1.54) is 44.8 Å². The molecule has 0 spiro atoms. The number of pyridine rings is 1. The lowest BCUT2D eigenvalue weighted by molar-refractivity contribution is 0.0863. The number of Topliss-reactive ketones (excluding diaryl/α,β-unsaturated/α-hetero) is 1. The van der Waals surface area contributed by atoms with Crippen molar-refractivity contribution in [3.63, 3.8) is 0 Å². The van der Waals surface area contributed by atoms with E-state index in [-0.39, 0.29) is 17.3 Å². The number of nitrogens with zero attached hydrogens (tertiary/aromatic N) is 1. The van der Waals surface area contributed by atoms with Gasteiger partial charge in [0.2, 0.25) is 5.78 Å². The summed E-state index contributed by atoms with van der Waals surface area (Å²) in [6.45, 7) is 1.59. The average Bonchev–Trinajstić information content (AvgIpc) is 3.32. The summed E-state index contributed by atoms with van der Waals surface area (Å²) in [6.07, 6.45) is 0. The molecule has 0 aliphatic heterocycles. The molecule has 0 saturated heterocycles. The van der Waals surface area contributed by atoms with Crippen LogP contribution in [-0.2, 0) is 0 Å². The number of benzene rings is 2. The molecule has 4 aromatic rings. The number of fused-ring (bicyclic) bond motifs is 1. The van der Waals surface area contributed by atoms with Gasteiger partial charge < -0.3 is 19.5 Å². The normalized spacial score (nSPS) is 11.7. The predicted molar refractivity (Wildman–Crippen MR) is 132 cm³/mol. The van der Waals surface area contributed by atoms with E-state index in [1.54, 1.807) is 48.7 Å². The van der Waals surface area contributed by atoms with E-state index in [2.05, 4.69) is 10.3 Å². The molecule has 1 amide bonds. The van der Waals surface area contributed by atoms with Gasteiger partial charge in [0.1, 0.15) is 23.0 Å². The van der Waals surface area contributed by atoms with Crippen LogP contribution in [0, 0.1) is 5.82 Å². The molecule has 0 unspecified atom stereocenters. The summed E-state index contributed by atoms with van der Waals surface area (Å²) in [6, 6.07) is 11.9. The number of hydrogen-bond donors (Lipinski definition) is 1. The number of carbonyl (C=O) groups excluding carboxylic acids is 2. The fourth-order valence-electron chi connectivity index (χ4n) is 3.69. The third kappa shape index (κ3) is 4.67. The van der Waals surface area contributed by atoms with E-state index in [0.717, 1.165) is 0 Å². The number of halogens is 1. The number of carbonyl (C=O) groups is 2. The highest BCUT2D eigenvalue weighted by Crippen LogP contribution is 2.38.